The highest BCUT2D eigenvalue weighted by molar-refractivity contribution is 6.10. The fraction of sp³-hybridized carbons (Fsp3) is 0.600. The number of carbonyl (C=O) groups excluding carboxylic acids is 2. The van der Waals surface area contributed by atoms with Crippen molar-refractivity contribution in [2.45, 2.75) is 64.1 Å². The van der Waals surface area contributed by atoms with E-state index >= 15 is 0 Å². The molecule has 1 aliphatic rings. The van der Waals surface area contributed by atoms with Crippen LogP contribution in [0.3, 0.4) is 0 Å². The Balaban J connectivity index is 0.00000420. The summed E-state index contributed by atoms with van der Waals surface area (Å²) in [6.07, 6.45) is 0.353. The van der Waals surface area contributed by atoms with Gasteiger partial charge in [0.2, 0.25) is 0 Å². The number of hydrogen-bond acceptors (Lipinski definition) is 4. The molecule has 1 unspecified atom stereocenters. The zero-order valence-corrected chi connectivity index (χ0v) is 18.0. The molecule has 1 fully saturated rings. The third kappa shape index (κ3) is 5.71. The van der Waals surface area contributed by atoms with Crippen molar-refractivity contribution < 1.29 is 22.8 Å². The van der Waals surface area contributed by atoms with Gasteiger partial charge in [-0.25, -0.2) is 13.2 Å². The first kappa shape index (κ1) is 25.4. The zero-order chi connectivity index (χ0) is 21.3. The third-order valence-electron chi connectivity index (χ3n) is 5.10. The first-order valence-corrected chi connectivity index (χ1v) is 9.35. The third-order valence-corrected chi connectivity index (χ3v) is 5.10. The maximum atomic E-state index is 13.8. The number of benzene rings is 1. The van der Waals surface area contributed by atoms with Crippen molar-refractivity contribution in [1.29, 1.82) is 0 Å². The molecule has 2 atom stereocenters. The van der Waals surface area contributed by atoms with Gasteiger partial charge in [-0.2, -0.15) is 0 Å². The van der Waals surface area contributed by atoms with Crippen LogP contribution in [0.5, 0.6) is 0 Å². The summed E-state index contributed by atoms with van der Waals surface area (Å²) in [4.78, 5) is 27.7. The first-order chi connectivity index (χ1) is 12.9. The van der Waals surface area contributed by atoms with E-state index in [9.17, 15) is 22.8 Å². The summed E-state index contributed by atoms with van der Waals surface area (Å²) in [6, 6.07) is 0.357. The van der Waals surface area contributed by atoms with Crippen LogP contribution in [0.1, 0.15) is 46.1 Å². The van der Waals surface area contributed by atoms with Gasteiger partial charge in [0.15, 0.2) is 23.0 Å². The molecule has 0 saturated carbocycles. The zero-order valence-electron chi connectivity index (χ0n) is 17.2. The Labute approximate surface area is 175 Å². The van der Waals surface area contributed by atoms with Crippen LogP contribution in [-0.2, 0) is 16.0 Å². The minimum Gasteiger partial charge on any atom is -0.336 e. The average Bonchev–Trinajstić information content (AvgIpc) is 2.72. The molecule has 9 heteroatoms. The number of ketones is 1. The van der Waals surface area contributed by atoms with Crippen LogP contribution in [0.15, 0.2) is 12.1 Å². The van der Waals surface area contributed by atoms with Crippen molar-refractivity contribution in [2.24, 2.45) is 5.73 Å². The molecule has 0 bridgehead atoms. The van der Waals surface area contributed by atoms with Crippen LogP contribution < -0.4 is 11.1 Å². The molecule has 1 amide bonds. The first-order valence-electron chi connectivity index (χ1n) is 9.35. The Hall–Kier alpha value is -1.64. The highest BCUT2D eigenvalue weighted by Gasteiger charge is 2.46. The maximum Gasteiger partial charge on any atom is 0.250 e. The second kappa shape index (κ2) is 9.45. The van der Waals surface area contributed by atoms with E-state index in [2.05, 4.69) is 5.32 Å². The number of carbonyl (C=O) groups is 2. The van der Waals surface area contributed by atoms with E-state index in [1.54, 1.807) is 4.90 Å². The minimum absolute atomic E-state index is 0. The lowest BCUT2D eigenvalue weighted by Crippen LogP contribution is -2.62. The lowest BCUT2D eigenvalue weighted by molar-refractivity contribution is -0.146. The number of nitrogens with zero attached hydrogens (tertiary/aromatic N) is 1. The molecule has 0 radical (unpaired) electrons. The largest absolute Gasteiger partial charge is 0.336 e. The number of halogens is 4. The predicted octanol–water partition coefficient (Wildman–Crippen LogP) is 2.73. The molecule has 1 aromatic rings. The highest BCUT2D eigenvalue weighted by atomic mass is 35.5. The summed E-state index contributed by atoms with van der Waals surface area (Å²) in [6.45, 7) is 8.26. The van der Waals surface area contributed by atoms with Gasteiger partial charge < -0.3 is 10.6 Å². The number of Topliss-reactive ketones (excluding diaryl/α,β-unsaturated/α-hetero) is 1. The Morgan fingerprint density at radius 1 is 1.24 bits per heavy atom. The minimum atomic E-state index is -1.44. The number of rotatable bonds is 5. The number of nitrogens with two attached hydrogens (primary N) is 1. The molecule has 1 aliphatic heterocycles. The van der Waals surface area contributed by atoms with Crippen LogP contribution in [-0.4, -0.2) is 46.8 Å². The van der Waals surface area contributed by atoms with Gasteiger partial charge in [-0.05, 0) is 58.7 Å². The van der Waals surface area contributed by atoms with Gasteiger partial charge >= 0.3 is 0 Å². The SMILES string of the molecule is CC(C)(C)N1CCCN[C@](C)(C(=O)CC(N)Cc2cc(F)c(F)cc2F)C1=O.Cl. The number of amides is 1. The predicted molar refractivity (Wildman–Crippen MR) is 107 cm³/mol. The van der Waals surface area contributed by atoms with E-state index in [4.69, 9.17) is 5.73 Å². The van der Waals surface area contributed by atoms with E-state index in [0.717, 1.165) is 6.07 Å². The van der Waals surface area contributed by atoms with E-state index in [1.165, 1.54) is 6.92 Å². The second-order valence-electron chi connectivity index (χ2n) is 8.48. The molecule has 2 rings (SSSR count). The van der Waals surface area contributed by atoms with Crippen LogP contribution in [0.4, 0.5) is 13.2 Å². The lowest BCUT2D eigenvalue weighted by Gasteiger charge is -2.39. The molecule has 0 spiro atoms. The van der Waals surface area contributed by atoms with E-state index in [0.29, 0.717) is 25.6 Å². The van der Waals surface area contributed by atoms with Crippen LogP contribution in [0, 0.1) is 17.5 Å². The lowest BCUT2D eigenvalue weighted by atomic mass is 9.87. The van der Waals surface area contributed by atoms with Crippen molar-refractivity contribution in [2.75, 3.05) is 13.1 Å². The van der Waals surface area contributed by atoms with Crippen molar-refractivity contribution in [3.8, 4) is 0 Å². The van der Waals surface area contributed by atoms with Crippen LogP contribution >= 0.6 is 12.4 Å². The topological polar surface area (TPSA) is 75.4 Å². The van der Waals surface area contributed by atoms with E-state index in [-0.39, 0.29) is 36.7 Å². The molecule has 3 N–H and O–H groups in total. The molecular weight excluding hydrogens is 407 g/mol. The molecule has 1 aromatic carbocycles. The summed E-state index contributed by atoms with van der Waals surface area (Å²) < 4.78 is 40.3. The Bertz CT molecular complexity index is 770. The molecule has 0 aliphatic carbocycles. The summed E-state index contributed by atoms with van der Waals surface area (Å²) in [5.74, 6) is -4.12. The summed E-state index contributed by atoms with van der Waals surface area (Å²) in [5.41, 5.74) is 3.99. The molecular formula is C20H29ClF3N3O2. The Morgan fingerprint density at radius 3 is 2.41 bits per heavy atom. The van der Waals surface area contributed by atoms with Crippen LogP contribution in [0.2, 0.25) is 0 Å². The van der Waals surface area contributed by atoms with Gasteiger partial charge in [0.05, 0.1) is 0 Å². The van der Waals surface area contributed by atoms with Gasteiger partial charge in [-0.1, -0.05) is 0 Å². The fourth-order valence-corrected chi connectivity index (χ4v) is 3.40. The van der Waals surface area contributed by atoms with Crippen molar-refractivity contribution in [3.05, 3.63) is 35.1 Å². The average molecular weight is 436 g/mol. The molecule has 29 heavy (non-hydrogen) atoms. The van der Waals surface area contributed by atoms with Gasteiger partial charge in [-0.15, -0.1) is 12.4 Å². The summed E-state index contributed by atoms with van der Waals surface area (Å²) in [5, 5.41) is 3.03. The Morgan fingerprint density at radius 2 is 1.83 bits per heavy atom. The van der Waals surface area contributed by atoms with Crippen molar-refractivity contribution in [1.82, 2.24) is 10.2 Å². The maximum absolute atomic E-state index is 13.8. The summed E-state index contributed by atoms with van der Waals surface area (Å²) >= 11 is 0. The van der Waals surface area contributed by atoms with E-state index in [1.807, 2.05) is 20.8 Å². The van der Waals surface area contributed by atoms with Gasteiger partial charge in [0.1, 0.15) is 5.82 Å². The molecule has 164 valence electrons. The second-order valence-corrected chi connectivity index (χ2v) is 8.48. The normalized spacial score (nSPS) is 21.4. The summed E-state index contributed by atoms with van der Waals surface area (Å²) in [7, 11) is 0. The molecule has 1 saturated heterocycles. The number of nitrogens with one attached hydrogen (secondary N) is 1. The monoisotopic (exact) mass is 435 g/mol. The quantitative estimate of drug-likeness (QED) is 0.551. The van der Waals surface area contributed by atoms with Crippen LogP contribution in [0.25, 0.3) is 0 Å². The standard InChI is InChI=1S/C20H28F3N3O2.ClH/c1-19(2,3)26-7-5-6-25-20(4,18(26)28)17(27)10-13(24)8-12-9-15(22)16(23)11-14(12)21;/h9,11,13,25H,5-8,10,24H2,1-4H3;1H/t13?,20-;/m1./s1. The number of hydrogen-bond donors (Lipinski definition) is 2. The molecule has 0 aromatic heterocycles. The Kier molecular flexibility index (Phi) is 8.27. The molecule has 5 nitrogen and oxygen atoms in total. The van der Waals surface area contributed by atoms with Gasteiger partial charge in [-0.3, -0.25) is 14.9 Å². The van der Waals surface area contributed by atoms with Gasteiger partial charge in [0.25, 0.3) is 5.91 Å². The molecule has 1 heterocycles. The highest BCUT2D eigenvalue weighted by Crippen LogP contribution is 2.24. The van der Waals surface area contributed by atoms with E-state index < -0.39 is 40.4 Å². The van der Waals surface area contributed by atoms with Crippen molar-refractivity contribution in [3.63, 3.8) is 0 Å². The van der Waals surface area contributed by atoms with Crippen molar-refractivity contribution >= 4 is 24.1 Å². The smallest absolute Gasteiger partial charge is 0.250 e. The van der Waals surface area contributed by atoms with Gasteiger partial charge in [0, 0.05) is 30.6 Å². The fourth-order valence-electron chi connectivity index (χ4n) is 3.40.